The first kappa shape index (κ1) is 20.0. The molecule has 130 valence electrons. The van der Waals surface area contributed by atoms with Crippen LogP contribution in [-0.2, 0) is 0 Å². The molecule has 5 nitrogen and oxygen atoms in total. The highest BCUT2D eigenvalue weighted by Gasteiger charge is 2.17. The van der Waals surface area contributed by atoms with Gasteiger partial charge in [0.15, 0.2) is 5.96 Å². The van der Waals surface area contributed by atoms with E-state index in [1.165, 1.54) is 32.5 Å². The van der Waals surface area contributed by atoms with Crippen LogP contribution in [0.4, 0.5) is 5.69 Å². The quantitative estimate of drug-likeness (QED) is 0.412. The minimum atomic E-state index is 0. The molecule has 0 bridgehead atoms. The number of piperidine rings is 1. The highest BCUT2D eigenvalue weighted by atomic mass is 127. The molecule has 1 fully saturated rings. The number of nitrogens with zero attached hydrogens (tertiary/aromatic N) is 2. The summed E-state index contributed by atoms with van der Waals surface area (Å²) >= 11 is 0. The van der Waals surface area contributed by atoms with Crippen molar-refractivity contribution >= 4 is 35.6 Å². The number of ether oxygens (including phenoxy) is 1. The van der Waals surface area contributed by atoms with Gasteiger partial charge in [0.1, 0.15) is 5.75 Å². The fraction of sp³-hybridized carbons (Fsp3) is 0.588. The molecule has 2 rings (SSSR count). The van der Waals surface area contributed by atoms with Gasteiger partial charge in [0.05, 0.1) is 7.11 Å². The number of halogens is 1. The molecule has 0 unspecified atom stereocenters. The Labute approximate surface area is 156 Å². The Bertz CT molecular complexity index is 487. The van der Waals surface area contributed by atoms with Gasteiger partial charge in [0, 0.05) is 18.3 Å². The van der Waals surface area contributed by atoms with Crippen molar-refractivity contribution in [3.05, 3.63) is 24.3 Å². The van der Waals surface area contributed by atoms with E-state index in [9.17, 15) is 0 Å². The van der Waals surface area contributed by atoms with E-state index >= 15 is 0 Å². The third-order valence-electron chi connectivity index (χ3n) is 4.32. The molecule has 1 aliphatic rings. The number of anilines is 1. The molecule has 1 heterocycles. The maximum atomic E-state index is 5.95. The highest BCUT2D eigenvalue weighted by molar-refractivity contribution is 14.0. The van der Waals surface area contributed by atoms with Crippen LogP contribution in [0.25, 0.3) is 0 Å². The number of guanidine groups is 1. The number of rotatable bonds is 6. The molecule has 1 aliphatic heterocycles. The first-order valence-corrected chi connectivity index (χ1v) is 8.14. The van der Waals surface area contributed by atoms with Crippen molar-refractivity contribution in [1.82, 2.24) is 4.90 Å². The molecule has 0 atom stereocenters. The van der Waals surface area contributed by atoms with E-state index in [0.29, 0.717) is 5.96 Å². The molecule has 3 N–H and O–H groups in total. The topological polar surface area (TPSA) is 62.9 Å². The predicted octanol–water partition coefficient (Wildman–Crippen LogP) is 3.16. The molecule has 0 radical (unpaired) electrons. The molecule has 6 heteroatoms. The van der Waals surface area contributed by atoms with Crippen LogP contribution < -0.4 is 15.8 Å². The Morgan fingerprint density at radius 2 is 2.13 bits per heavy atom. The number of benzene rings is 1. The monoisotopic (exact) mass is 432 g/mol. The summed E-state index contributed by atoms with van der Waals surface area (Å²) in [6.07, 6.45) is 3.69. The summed E-state index contributed by atoms with van der Waals surface area (Å²) in [6.45, 7) is 6.64. The van der Waals surface area contributed by atoms with Crippen molar-refractivity contribution in [2.24, 2.45) is 16.6 Å². The first-order chi connectivity index (χ1) is 10.7. The second-order valence-electron chi connectivity index (χ2n) is 5.79. The summed E-state index contributed by atoms with van der Waals surface area (Å²) < 4.78 is 5.19. The van der Waals surface area contributed by atoms with Gasteiger partial charge in [-0.3, -0.25) is 4.99 Å². The van der Waals surface area contributed by atoms with Gasteiger partial charge >= 0.3 is 0 Å². The number of methoxy groups -OCH3 is 1. The zero-order chi connectivity index (χ0) is 15.8. The van der Waals surface area contributed by atoms with E-state index in [1.54, 1.807) is 7.11 Å². The lowest BCUT2D eigenvalue weighted by Crippen LogP contribution is -2.33. The molecule has 1 aromatic carbocycles. The SMILES string of the molecule is CCN1CCC(CCN=C(N)Nc2cccc(OC)c2)CC1.I. The van der Waals surface area contributed by atoms with E-state index in [1.807, 2.05) is 24.3 Å². The van der Waals surface area contributed by atoms with Crippen molar-refractivity contribution in [2.75, 3.05) is 38.6 Å². The van der Waals surface area contributed by atoms with Gasteiger partial charge in [-0.05, 0) is 56.9 Å². The van der Waals surface area contributed by atoms with Crippen LogP contribution in [0, 0.1) is 5.92 Å². The molecule has 0 aromatic heterocycles. The third kappa shape index (κ3) is 6.95. The maximum Gasteiger partial charge on any atom is 0.193 e. The van der Waals surface area contributed by atoms with Gasteiger partial charge in [-0.25, -0.2) is 0 Å². The average Bonchev–Trinajstić information content (AvgIpc) is 2.55. The number of hydrogen-bond acceptors (Lipinski definition) is 3. The number of hydrogen-bond donors (Lipinski definition) is 2. The Morgan fingerprint density at radius 1 is 1.39 bits per heavy atom. The second-order valence-corrected chi connectivity index (χ2v) is 5.79. The fourth-order valence-corrected chi connectivity index (χ4v) is 2.85. The van der Waals surface area contributed by atoms with Gasteiger partial charge in [0.2, 0.25) is 0 Å². The molecular formula is C17H29IN4O. The zero-order valence-corrected chi connectivity index (χ0v) is 16.5. The van der Waals surface area contributed by atoms with E-state index in [2.05, 4.69) is 22.1 Å². The molecule has 1 saturated heterocycles. The van der Waals surface area contributed by atoms with Gasteiger partial charge in [0.25, 0.3) is 0 Å². The van der Waals surface area contributed by atoms with Crippen molar-refractivity contribution < 1.29 is 4.74 Å². The second kappa shape index (κ2) is 10.7. The van der Waals surface area contributed by atoms with Crippen molar-refractivity contribution in [3.8, 4) is 5.75 Å². The van der Waals surface area contributed by atoms with Crippen LogP contribution in [0.1, 0.15) is 26.2 Å². The van der Waals surface area contributed by atoms with Gasteiger partial charge in [-0.2, -0.15) is 0 Å². The molecular weight excluding hydrogens is 403 g/mol. The zero-order valence-electron chi connectivity index (χ0n) is 14.1. The number of nitrogens with two attached hydrogens (primary N) is 1. The summed E-state index contributed by atoms with van der Waals surface area (Å²) in [7, 11) is 1.65. The number of nitrogens with one attached hydrogen (secondary N) is 1. The van der Waals surface area contributed by atoms with Crippen LogP contribution in [0.5, 0.6) is 5.75 Å². The smallest absolute Gasteiger partial charge is 0.193 e. The molecule has 23 heavy (non-hydrogen) atoms. The Morgan fingerprint density at radius 3 is 2.78 bits per heavy atom. The van der Waals surface area contributed by atoms with Crippen LogP contribution >= 0.6 is 24.0 Å². The lowest BCUT2D eigenvalue weighted by molar-refractivity contribution is 0.188. The molecule has 0 spiro atoms. The van der Waals surface area contributed by atoms with Gasteiger partial charge in [-0.1, -0.05) is 13.0 Å². The van der Waals surface area contributed by atoms with E-state index in [-0.39, 0.29) is 24.0 Å². The lowest BCUT2D eigenvalue weighted by atomic mass is 9.94. The van der Waals surface area contributed by atoms with E-state index in [4.69, 9.17) is 10.5 Å². The molecule has 0 amide bonds. The van der Waals surface area contributed by atoms with Gasteiger partial charge in [-0.15, -0.1) is 24.0 Å². The predicted molar refractivity (Wildman–Crippen MR) is 108 cm³/mol. The molecule has 1 aromatic rings. The Hall–Kier alpha value is -1.02. The largest absolute Gasteiger partial charge is 0.497 e. The summed E-state index contributed by atoms with van der Waals surface area (Å²) in [6, 6.07) is 7.69. The first-order valence-electron chi connectivity index (χ1n) is 8.14. The minimum Gasteiger partial charge on any atom is -0.497 e. The molecule has 0 saturated carbocycles. The fourth-order valence-electron chi connectivity index (χ4n) is 2.85. The van der Waals surface area contributed by atoms with Crippen LogP contribution in [0.3, 0.4) is 0 Å². The molecule has 0 aliphatic carbocycles. The normalized spacial score (nSPS) is 16.7. The minimum absolute atomic E-state index is 0. The van der Waals surface area contributed by atoms with Crippen molar-refractivity contribution in [1.29, 1.82) is 0 Å². The third-order valence-corrected chi connectivity index (χ3v) is 4.32. The summed E-state index contributed by atoms with van der Waals surface area (Å²) in [5.41, 5.74) is 6.85. The van der Waals surface area contributed by atoms with Crippen LogP contribution in [0.2, 0.25) is 0 Å². The van der Waals surface area contributed by atoms with Crippen molar-refractivity contribution in [3.63, 3.8) is 0 Å². The standard InChI is InChI=1S/C17H28N4O.HI/c1-3-21-11-8-14(9-12-21)7-10-19-17(18)20-15-5-4-6-16(13-15)22-2;/h4-6,13-14H,3,7-12H2,1-2H3,(H3,18,19,20);1H. The number of likely N-dealkylation sites (tertiary alicyclic amines) is 1. The maximum absolute atomic E-state index is 5.95. The van der Waals surface area contributed by atoms with Crippen molar-refractivity contribution in [2.45, 2.75) is 26.2 Å². The number of aliphatic imine (C=N–C) groups is 1. The van der Waals surface area contributed by atoms with Gasteiger partial charge < -0.3 is 20.7 Å². The Kier molecular flexibility index (Phi) is 9.31. The van der Waals surface area contributed by atoms with E-state index < -0.39 is 0 Å². The summed E-state index contributed by atoms with van der Waals surface area (Å²) in [4.78, 5) is 6.95. The van der Waals surface area contributed by atoms with Crippen LogP contribution in [-0.4, -0.2) is 44.1 Å². The van der Waals surface area contributed by atoms with E-state index in [0.717, 1.165) is 30.3 Å². The lowest BCUT2D eigenvalue weighted by Gasteiger charge is -2.30. The summed E-state index contributed by atoms with van der Waals surface area (Å²) in [5, 5.41) is 3.11. The Balaban J connectivity index is 0.00000264. The average molecular weight is 432 g/mol. The summed E-state index contributed by atoms with van der Waals surface area (Å²) in [5.74, 6) is 2.07. The van der Waals surface area contributed by atoms with Crippen LogP contribution in [0.15, 0.2) is 29.3 Å². The highest BCUT2D eigenvalue weighted by Crippen LogP contribution is 2.20.